The van der Waals surface area contributed by atoms with E-state index in [-0.39, 0.29) is 17.6 Å². The Balaban J connectivity index is 1.68. The first kappa shape index (κ1) is 23.5. The second-order valence-electron chi connectivity index (χ2n) is 10.1. The van der Waals surface area contributed by atoms with Crippen molar-refractivity contribution in [3.8, 4) is 28.6 Å². The number of methoxy groups -OCH3 is 1. The Morgan fingerprint density at radius 2 is 2.00 bits per heavy atom. The van der Waals surface area contributed by atoms with Crippen molar-refractivity contribution in [3.05, 3.63) is 34.1 Å². The zero-order valence-electron chi connectivity index (χ0n) is 20.4. The molecule has 0 bridgehead atoms. The molecule has 2 fully saturated rings. The molecular formula is C25H35N5O2Si. The smallest absolute Gasteiger partial charge is 0.297 e. The summed E-state index contributed by atoms with van der Waals surface area (Å²) in [5.41, 5.74) is 4.97. The molecule has 1 aromatic heterocycles. The lowest BCUT2D eigenvalue weighted by Gasteiger charge is -2.32. The largest absolute Gasteiger partial charge is 0.496 e. The van der Waals surface area contributed by atoms with Gasteiger partial charge in [0.15, 0.2) is 5.82 Å². The van der Waals surface area contributed by atoms with Crippen molar-refractivity contribution in [1.82, 2.24) is 19.7 Å². The van der Waals surface area contributed by atoms with Crippen LogP contribution in [0.2, 0.25) is 19.6 Å². The molecule has 2 aliphatic rings. The molecule has 1 aliphatic heterocycles. The average Bonchev–Trinajstić information content (AvgIpc) is 3.63. The number of hydrogen-bond acceptors (Lipinski definition) is 6. The number of benzene rings is 1. The Morgan fingerprint density at radius 1 is 1.21 bits per heavy atom. The van der Waals surface area contributed by atoms with Crippen molar-refractivity contribution in [3.63, 3.8) is 0 Å². The summed E-state index contributed by atoms with van der Waals surface area (Å²) in [5.74, 6) is 4.85. The van der Waals surface area contributed by atoms with E-state index in [0.29, 0.717) is 17.4 Å². The molecule has 0 radical (unpaired) electrons. The third-order valence-electron chi connectivity index (χ3n) is 6.12. The van der Waals surface area contributed by atoms with E-state index >= 15 is 0 Å². The predicted molar refractivity (Wildman–Crippen MR) is 136 cm³/mol. The van der Waals surface area contributed by atoms with Gasteiger partial charge < -0.3 is 15.0 Å². The van der Waals surface area contributed by atoms with E-state index < -0.39 is 8.07 Å². The molecule has 4 rings (SSSR count). The Morgan fingerprint density at radius 3 is 2.67 bits per heavy atom. The Kier molecular flexibility index (Phi) is 6.91. The van der Waals surface area contributed by atoms with E-state index in [0.717, 1.165) is 56.4 Å². The van der Waals surface area contributed by atoms with E-state index in [2.05, 4.69) is 58.4 Å². The van der Waals surface area contributed by atoms with Crippen molar-refractivity contribution in [2.45, 2.75) is 64.3 Å². The van der Waals surface area contributed by atoms with Gasteiger partial charge in [-0.25, -0.2) is 0 Å². The summed E-state index contributed by atoms with van der Waals surface area (Å²) in [4.78, 5) is 15.9. The molecule has 0 spiro atoms. The van der Waals surface area contributed by atoms with E-state index in [9.17, 15) is 4.79 Å². The molecule has 1 saturated heterocycles. The van der Waals surface area contributed by atoms with E-state index in [4.69, 9.17) is 4.74 Å². The van der Waals surface area contributed by atoms with Crippen LogP contribution in [-0.2, 0) is 0 Å². The second-order valence-corrected chi connectivity index (χ2v) is 14.8. The first-order valence-corrected chi connectivity index (χ1v) is 15.5. The van der Waals surface area contributed by atoms with Gasteiger partial charge in [0.25, 0.3) is 5.56 Å². The Labute approximate surface area is 197 Å². The van der Waals surface area contributed by atoms with Crippen molar-refractivity contribution in [1.29, 1.82) is 0 Å². The van der Waals surface area contributed by atoms with Gasteiger partial charge in [-0.3, -0.25) is 9.36 Å². The van der Waals surface area contributed by atoms with E-state index in [1.54, 1.807) is 11.7 Å². The molecule has 1 atom stereocenters. The molecule has 2 aromatic rings. The highest BCUT2D eigenvalue weighted by molar-refractivity contribution is 6.83. The van der Waals surface area contributed by atoms with E-state index in [1.807, 2.05) is 18.2 Å². The molecule has 1 aliphatic carbocycles. The van der Waals surface area contributed by atoms with Gasteiger partial charge in [0, 0.05) is 24.2 Å². The van der Waals surface area contributed by atoms with Gasteiger partial charge in [-0.1, -0.05) is 32.5 Å². The maximum Gasteiger partial charge on any atom is 0.297 e. The molecule has 0 unspecified atom stereocenters. The summed E-state index contributed by atoms with van der Waals surface area (Å²) in [6.45, 7) is 11.9. The van der Waals surface area contributed by atoms with E-state index in [1.165, 1.54) is 0 Å². The average molecular weight is 466 g/mol. The number of ether oxygens (including phenoxy) is 1. The van der Waals surface area contributed by atoms with Crippen molar-refractivity contribution in [2.24, 2.45) is 0 Å². The third kappa shape index (κ3) is 5.65. The van der Waals surface area contributed by atoms with Gasteiger partial charge in [-0.05, 0) is 57.0 Å². The predicted octanol–water partition coefficient (Wildman–Crippen LogP) is 3.77. The monoisotopic (exact) mass is 465 g/mol. The number of anilines is 1. The van der Waals surface area contributed by atoms with Gasteiger partial charge in [-0.15, -0.1) is 15.7 Å². The lowest BCUT2D eigenvalue weighted by atomic mass is 10.1. The minimum absolute atomic E-state index is 0.0965. The van der Waals surface area contributed by atoms with Gasteiger partial charge in [0.1, 0.15) is 13.8 Å². The molecular weight excluding hydrogens is 430 g/mol. The zero-order chi connectivity index (χ0) is 23.6. The normalized spacial score (nSPS) is 19.0. The fraction of sp³-hybridized carbons (Fsp3) is 0.560. The highest BCUT2D eigenvalue weighted by Crippen LogP contribution is 2.38. The highest BCUT2D eigenvalue weighted by Gasteiger charge is 2.31. The molecule has 1 saturated carbocycles. The fourth-order valence-electron chi connectivity index (χ4n) is 4.21. The molecule has 1 aromatic carbocycles. The number of hydrogen-bond donors (Lipinski definition) is 1. The number of nitrogens with one attached hydrogen (secondary N) is 1. The summed E-state index contributed by atoms with van der Waals surface area (Å²) >= 11 is 0. The third-order valence-corrected chi connectivity index (χ3v) is 7.00. The first-order chi connectivity index (χ1) is 15.8. The standard InChI is InChI=1S/C25H35N5O2Si/c1-6-29-14-7-8-19(17-29)26-23-25(31)30(20-10-11-20)24(28-27-23)21-12-9-18(16-22(21)32-2)13-15-33(3,4)5/h9,12,16,19-20H,6-8,10-11,14,17H2,1-5H3,(H,26,27)/t19-/m1/s1. The lowest BCUT2D eigenvalue weighted by molar-refractivity contribution is 0.226. The van der Waals surface area contributed by atoms with Crippen LogP contribution >= 0.6 is 0 Å². The SMILES string of the molecule is CCN1CCC[C@@H](Nc2nnc(-c3ccc(C#C[Si](C)(C)C)cc3OC)n(C3CC3)c2=O)C1. The summed E-state index contributed by atoms with van der Waals surface area (Å²) in [6.07, 6.45) is 4.12. The minimum atomic E-state index is -1.48. The Hall–Kier alpha value is -2.63. The van der Waals surface area contributed by atoms with Gasteiger partial charge in [-0.2, -0.15) is 0 Å². The summed E-state index contributed by atoms with van der Waals surface area (Å²) in [7, 11) is 0.159. The molecule has 0 amide bonds. The van der Waals surface area contributed by atoms with Crippen LogP contribution in [0.25, 0.3) is 11.4 Å². The maximum atomic E-state index is 13.5. The number of aromatic nitrogens is 3. The van der Waals surface area contributed by atoms with Crippen LogP contribution in [0.4, 0.5) is 5.82 Å². The summed E-state index contributed by atoms with van der Waals surface area (Å²) in [5, 5.41) is 12.3. The van der Waals surface area contributed by atoms with Crippen molar-refractivity contribution in [2.75, 3.05) is 32.1 Å². The van der Waals surface area contributed by atoms with Crippen LogP contribution in [0, 0.1) is 11.5 Å². The Bertz CT molecular complexity index is 1120. The maximum absolute atomic E-state index is 13.5. The van der Waals surface area contributed by atoms with Crippen molar-refractivity contribution >= 4 is 13.9 Å². The van der Waals surface area contributed by atoms with Crippen molar-refractivity contribution < 1.29 is 4.74 Å². The number of likely N-dealkylation sites (tertiary alicyclic amines) is 1. The minimum Gasteiger partial charge on any atom is -0.496 e. The van der Waals surface area contributed by atoms with Crippen LogP contribution in [0.5, 0.6) is 5.75 Å². The van der Waals surface area contributed by atoms with Gasteiger partial charge in [0.2, 0.25) is 5.82 Å². The molecule has 176 valence electrons. The first-order valence-electron chi connectivity index (χ1n) is 12.0. The highest BCUT2D eigenvalue weighted by atomic mass is 28.3. The summed E-state index contributed by atoms with van der Waals surface area (Å²) < 4.78 is 7.49. The number of rotatable bonds is 6. The van der Waals surface area contributed by atoms with Crippen LogP contribution in [-0.4, -0.2) is 60.5 Å². The zero-order valence-corrected chi connectivity index (χ0v) is 21.4. The second kappa shape index (κ2) is 9.70. The lowest BCUT2D eigenvalue weighted by Crippen LogP contribution is -2.43. The summed E-state index contributed by atoms with van der Waals surface area (Å²) in [6, 6.07) is 6.24. The molecule has 33 heavy (non-hydrogen) atoms. The molecule has 7 nitrogen and oxygen atoms in total. The quantitative estimate of drug-likeness (QED) is 0.517. The van der Waals surface area contributed by atoms with Gasteiger partial charge in [0.05, 0.1) is 12.7 Å². The molecule has 8 heteroatoms. The number of likely N-dealkylation sites (N-methyl/N-ethyl adjacent to an activating group) is 1. The molecule has 2 heterocycles. The molecule has 1 N–H and O–H groups in total. The topological polar surface area (TPSA) is 72.3 Å². The fourth-order valence-corrected chi connectivity index (χ4v) is 4.73. The number of piperidine rings is 1. The van der Waals surface area contributed by atoms with Crippen LogP contribution < -0.4 is 15.6 Å². The van der Waals surface area contributed by atoms with Gasteiger partial charge >= 0.3 is 0 Å². The van der Waals surface area contributed by atoms with Crippen LogP contribution in [0.1, 0.15) is 44.2 Å². The number of nitrogens with zero attached hydrogens (tertiary/aromatic N) is 4. The van der Waals surface area contributed by atoms with Crippen LogP contribution in [0.15, 0.2) is 23.0 Å². The van der Waals surface area contributed by atoms with Crippen LogP contribution in [0.3, 0.4) is 0 Å².